The molecule has 1 heterocycles. The van der Waals surface area contributed by atoms with E-state index in [2.05, 4.69) is 0 Å². The van der Waals surface area contributed by atoms with Gasteiger partial charge in [-0.2, -0.15) is 0 Å². The van der Waals surface area contributed by atoms with Crippen LogP contribution in [0.3, 0.4) is 0 Å². The van der Waals surface area contributed by atoms with Crippen molar-refractivity contribution in [2.24, 2.45) is 0 Å². The fourth-order valence-corrected chi connectivity index (χ4v) is 2.13. The molecule has 7 nitrogen and oxygen atoms in total. The second-order valence-corrected chi connectivity index (χ2v) is 4.93. The van der Waals surface area contributed by atoms with Gasteiger partial charge in [-0.05, 0) is 23.8 Å². The first-order valence-corrected chi connectivity index (χ1v) is 7.03. The van der Waals surface area contributed by atoms with Crippen LogP contribution < -0.4 is 24.7 Å². The van der Waals surface area contributed by atoms with Crippen molar-refractivity contribution in [2.45, 2.75) is 0 Å². The van der Waals surface area contributed by atoms with E-state index in [1.165, 1.54) is 31.4 Å². The zero-order valence-corrected chi connectivity index (χ0v) is 12.8. The van der Waals surface area contributed by atoms with E-state index >= 15 is 0 Å². The number of rotatable bonds is 4. The topological polar surface area (TPSA) is 100 Å². The Hall–Kier alpha value is -3.35. The van der Waals surface area contributed by atoms with Crippen LogP contribution in [0.15, 0.2) is 36.4 Å². The Balaban J connectivity index is 1.72. The summed E-state index contributed by atoms with van der Waals surface area (Å²) in [6.45, 7) is 0.106. The molecule has 24 heavy (non-hydrogen) atoms. The predicted octanol–water partition coefficient (Wildman–Crippen LogP) is 2.33. The average molecular weight is 329 g/mol. The lowest BCUT2D eigenvalue weighted by Gasteiger charge is -2.06. The number of esters is 1. The molecule has 1 aliphatic rings. The number of nitrogen functional groups attached to an aromatic ring is 1. The van der Waals surface area contributed by atoms with Crippen molar-refractivity contribution < 1.29 is 28.8 Å². The molecule has 0 saturated carbocycles. The number of carbonyl (C=O) groups excluding carboxylic acids is 1. The number of nitrogens with two attached hydrogens (primary N) is 1. The zero-order chi connectivity index (χ0) is 17.1. The SMILES string of the molecule is COc1cc(/C=C/C(=O)Oc2cc3c(cc2N)OCO3)ccc1O. The van der Waals surface area contributed by atoms with Crippen LogP contribution in [0.25, 0.3) is 6.08 Å². The quantitative estimate of drug-likeness (QED) is 0.384. The lowest BCUT2D eigenvalue weighted by Crippen LogP contribution is -2.05. The highest BCUT2D eigenvalue weighted by molar-refractivity contribution is 5.89. The van der Waals surface area contributed by atoms with Gasteiger partial charge in [0, 0.05) is 18.2 Å². The third-order valence-corrected chi connectivity index (χ3v) is 3.33. The highest BCUT2D eigenvalue weighted by Gasteiger charge is 2.17. The third kappa shape index (κ3) is 3.19. The molecule has 0 aliphatic carbocycles. The molecule has 3 N–H and O–H groups in total. The van der Waals surface area contributed by atoms with E-state index in [0.717, 1.165) is 0 Å². The lowest BCUT2D eigenvalue weighted by molar-refractivity contribution is -0.128. The smallest absolute Gasteiger partial charge is 0.336 e. The minimum Gasteiger partial charge on any atom is -0.504 e. The molecule has 0 amide bonds. The van der Waals surface area contributed by atoms with Crippen LogP contribution in [0.2, 0.25) is 0 Å². The Morgan fingerprint density at radius 1 is 1.21 bits per heavy atom. The van der Waals surface area contributed by atoms with E-state index in [9.17, 15) is 9.90 Å². The van der Waals surface area contributed by atoms with Crippen LogP contribution in [0, 0.1) is 0 Å². The van der Waals surface area contributed by atoms with Gasteiger partial charge in [0.25, 0.3) is 0 Å². The van der Waals surface area contributed by atoms with Crippen molar-refractivity contribution in [3.63, 3.8) is 0 Å². The highest BCUT2D eigenvalue weighted by Crippen LogP contribution is 2.39. The standard InChI is InChI=1S/C17H15NO6/c1-21-14-6-10(2-4-12(14)19)3-5-17(20)24-13-8-16-15(7-11(13)18)22-9-23-16/h2-8,19H,9,18H2,1H3/b5-3+. The highest BCUT2D eigenvalue weighted by atomic mass is 16.7. The summed E-state index contributed by atoms with van der Waals surface area (Å²) in [6.07, 6.45) is 2.78. The average Bonchev–Trinajstić information content (AvgIpc) is 3.01. The Morgan fingerprint density at radius 2 is 1.96 bits per heavy atom. The third-order valence-electron chi connectivity index (χ3n) is 3.33. The molecule has 1 aliphatic heterocycles. The maximum atomic E-state index is 11.9. The molecule has 0 radical (unpaired) electrons. The summed E-state index contributed by atoms with van der Waals surface area (Å²) in [4.78, 5) is 11.9. The van der Waals surface area contributed by atoms with E-state index in [1.807, 2.05) is 0 Å². The normalized spacial score (nSPS) is 12.4. The van der Waals surface area contributed by atoms with Gasteiger partial charge in [0.2, 0.25) is 6.79 Å². The Bertz CT molecular complexity index is 815. The van der Waals surface area contributed by atoms with Gasteiger partial charge in [0.05, 0.1) is 12.8 Å². The largest absolute Gasteiger partial charge is 0.504 e. The van der Waals surface area contributed by atoms with Crippen molar-refractivity contribution in [1.82, 2.24) is 0 Å². The van der Waals surface area contributed by atoms with Gasteiger partial charge in [0.15, 0.2) is 28.7 Å². The van der Waals surface area contributed by atoms with Crippen molar-refractivity contribution in [3.8, 4) is 28.7 Å². The number of carbonyl (C=O) groups is 1. The summed E-state index contributed by atoms with van der Waals surface area (Å²) in [5, 5.41) is 9.54. The van der Waals surface area contributed by atoms with Gasteiger partial charge in [-0.15, -0.1) is 0 Å². The second-order valence-electron chi connectivity index (χ2n) is 4.93. The molecule has 0 unspecified atom stereocenters. The first-order valence-electron chi connectivity index (χ1n) is 7.03. The Kier molecular flexibility index (Phi) is 4.15. The molecule has 0 saturated heterocycles. The van der Waals surface area contributed by atoms with Crippen LogP contribution in [-0.4, -0.2) is 25.0 Å². The van der Waals surface area contributed by atoms with Crippen molar-refractivity contribution in [1.29, 1.82) is 0 Å². The molecular weight excluding hydrogens is 314 g/mol. The number of aromatic hydroxyl groups is 1. The Morgan fingerprint density at radius 3 is 2.71 bits per heavy atom. The zero-order valence-electron chi connectivity index (χ0n) is 12.8. The molecule has 0 atom stereocenters. The predicted molar refractivity (Wildman–Crippen MR) is 86.3 cm³/mol. The molecular formula is C17H15NO6. The molecule has 2 aromatic rings. The molecule has 124 valence electrons. The molecule has 3 rings (SSSR count). The van der Waals surface area contributed by atoms with Crippen molar-refractivity contribution in [2.75, 3.05) is 19.6 Å². The molecule has 0 fully saturated rings. The number of methoxy groups -OCH3 is 1. The first-order chi connectivity index (χ1) is 11.6. The summed E-state index contributed by atoms with van der Waals surface area (Å²) in [7, 11) is 1.44. The van der Waals surface area contributed by atoms with Gasteiger partial charge in [-0.3, -0.25) is 0 Å². The van der Waals surface area contributed by atoms with E-state index in [-0.39, 0.29) is 24.0 Å². The molecule has 2 aromatic carbocycles. The van der Waals surface area contributed by atoms with Gasteiger partial charge in [0.1, 0.15) is 0 Å². The molecule has 0 bridgehead atoms. The van der Waals surface area contributed by atoms with E-state index in [0.29, 0.717) is 22.8 Å². The minimum atomic E-state index is -0.604. The second kappa shape index (κ2) is 6.41. The number of hydrogen-bond acceptors (Lipinski definition) is 7. The summed E-state index contributed by atoms with van der Waals surface area (Å²) in [5.74, 6) is 0.902. The van der Waals surface area contributed by atoms with Crippen LogP contribution in [0.1, 0.15) is 5.56 Å². The van der Waals surface area contributed by atoms with Gasteiger partial charge in [-0.1, -0.05) is 6.07 Å². The number of phenolic OH excluding ortho intramolecular Hbond substituents is 1. The number of hydrogen-bond donors (Lipinski definition) is 2. The summed E-state index contributed by atoms with van der Waals surface area (Å²) in [5.41, 5.74) is 6.76. The summed E-state index contributed by atoms with van der Waals surface area (Å²) in [6, 6.07) is 7.75. The maximum absolute atomic E-state index is 11.9. The van der Waals surface area contributed by atoms with Crippen LogP contribution >= 0.6 is 0 Å². The number of phenols is 1. The monoisotopic (exact) mass is 329 g/mol. The van der Waals surface area contributed by atoms with Gasteiger partial charge >= 0.3 is 5.97 Å². The number of fused-ring (bicyclic) bond motifs is 1. The first kappa shape index (κ1) is 15.5. The fraction of sp³-hybridized carbons (Fsp3) is 0.118. The molecule has 7 heteroatoms. The van der Waals surface area contributed by atoms with Gasteiger partial charge < -0.3 is 29.8 Å². The maximum Gasteiger partial charge on any atom is 0.336 e. The van der Waals surface area contributed by atoms with Crippen molar-refractivity contribution in [3.05, 3.63) is 42.0 Å². The van der Waals surface area contributed by atoms with Crippen LogP contribution in [0.4, 0.5) is 5.69 Å². The molecule has 0 aromatic heterocycles. The van der Waals surface area contributed by atoms with Crippen molar-refractivity contribution >= 4 is 17.7 Å². The van der Waals surface area contributed by atoms with Gasteiger partial charge in [-0.25, -0.2) is 4.79 Å². The number of benzene rings is 2. The summed E-state index contributed by atoms with van der Waals surface area (Å²) < 4.78 is 20.6. The van der Waals surface area contributed by atoms with E-state index in [4.69, 9.17) is 24.7 Å². The number of anilines is 1. The minimum absolute atomic E-state index is 0.0189. The molecule has 0 spiro atoms. The van der Waals surface area contributed by atoms with Crippen LogP contribution in [0.5, 0.6) is 28.7 Å². The lowest BCUT2D eigenvalue weighted by atomic mass is 10.2. The van der Waals surface area contributed by atoms with E-state index in [1.54, 1.807) is 18.2 Å². The Labute approximate surface area is 137 Å². The summed E-state index contributed by atoms with van der Waals surface area (Å²) >= 11 is 0. The fourth-order valence-electron chi connectivity index (χ4n) is 2.13. The van der Waals surface area contributed by atoms with Crippen LogP contribution in [-0.2, 0) is 4.79 Å². The van der Waals surface area contributed by atoms with E-state index < -0.39 is 5.97 Å². The number of ether oxygens (including phenoxy) is 4.